The van der Waals surface area contributed by atoms with Crippen LogP contribution < -0.4 is 10.6 Å². The van der Waals surface area contributed by atoms with Crippen LogP contribution in [0.1, 0.15) is 39.2 Å². The van der Waals surface area contributed by atoms with Gasteiger partial charge in [0, 0.05) is 11.7 Å². The van der Waals surface area contributed by atoms with E-state index >= 15 is 0 Å². The number of benzene rings is 1. The Morgan fingerprint density at radius 2 is 1.95 bits per heavy atom. The molecule has 0 heterocycles. The maximum absolute atomic E-state index is 13.4. The van der Waals surface area contributed by atoms with Crippen LogP contribution in [0.25, 0.3) is 0 Å². The average molecular weight is 266 g/mol. The van der Waals surface area contributed by atoms with Crippen molar-refractivity contribution in [2.45, 2.75) is 52.6 Å². The molecule has 19 heavy (non-hydrogen) atoms. The lowest BCUT2D eigenvalue weighted by atomic mass is 10.1. The number of hydrogen-bond donors (Lipinski definition) is 2. The number of carbonyl (C=O) groups excluding carboxylic acids is 1. The van der Waals surface area contributed by atoms with Gasteiger partial charge in [-0.15, -0.1) is 0 Å². The Morgan fingerprint density at radius 3 is 2.47 bits per heavy atom. The fraction of sp³-hybridized carbons (Fsp3) is 0.533. The summed E-state index contributed by atoms with van der Waals surface area (Å²) in [5.74, 6) is -0.327. The Labute approximate surface area is 114 Å². The Hall–Kier alpha value is -1.58. The largest absolute Gasteiger partial charge is 0.374 e. The average Bonchev–Trinajstić information content (AvgIpc) is 2.39. The predicted octanol–water partition coefficient (Wildman–Crippen LogP) is 3.24. The van der Waals surface area contributed by atoms with Gasteiger partial charge in [0.15, 0.2) is 0 Å². The van der Waals surface area contributed by atoms with E-state index in [9.17, 15) is 9.18 Å². The number of nitrogens with one attached hydrogen (secondary N) is 2. The lowest BCUT2D eigenvalue weighted by molar-refractivity contribution is -0.122. The molecule has 1 atom stereocenters. The number of aryl methyl sites for hydroxylation is 1. The first-order chi connectivity index (χ1) is 8.97. The lowest BCUT2D eigenvalue weighted by Gasteiger charge is -2.20. The second-order valence-corrected chi connectivity index (χ2v) is 4.85. The van der Waals surface area contributed by atoms with Crippen molar-refractivity contribution in [3.8, 4) is 0 Å². The third-order valence-electron chi connectivity index (χ3n) is 3.28. The zero-order chi connectivity index (χ0) is 14.4. The zero-order valence-electron chi connectivity index (χ0n) is 12.1. The predicted molar refractivity (Wildman–Crippen MR) is 76.7 cm³/mol. The Morgan fingerprint density at radius 1 is 1.32 bits per heavy atom. The molecule has 1 rings (SSSR count). The maximum Gasteiger partial charge on any atom is 0.242 e. The van der Waals surface area contributed by atoms with Gasteiger partial charge < -0.3 is 10.6 Å². The number of amides is 1. The van der Waals surface area contributed by atoms with E-state index in [2.05, 4.69) is 10.6 Å². The molecular weight excluding hydrogens is 243 g/mol. The van der Waals surface area contributed by atoms with Gasteiger partial charge >= 0.3 is 0 Å². The summed E-state index contributed by atoms with van der Waals surface area (Å²) in [6.07, 6.45) is 1.82. The van der Waals surface area contributed by atoms with Crippen LogP contribution in [0.15, 0.2) is 18.2 Å². The molecule has 4 heteroatoms. The minimum atomic E-state index is -0.386. The SMILES string of the molecule is CCC(CC)NC(=O)C(C)Nc1ccc(C)c(F)c1. The van der Waals surface area contributed by atoms with E-state index in [1.54, 1.807) is 26.0 Å². The van der Waals surface area contributed by atoms with Crippen molar-refractivity contribution in [1.82, 2.24) is 5.32 Å². The fourth-order valence-electron chi connectivity index (χ4n) is 1.82. The first-order valence-corrected chi connectivity index (χ1v) is 6.81. The topological polar surface area (TPSA) is 41.1 Å². The lowest BCUT2D eigenvalue weighted by Crippen LogP contribution is -2.42. The first kappa shape index (κ1) is 15.5. The third-order valence-corrected chi connectivity index (χ3v) is 3.28. The number of rotatable bonds is 6. The van der Waals surface area contributed by atoms with Crippen LogP contribution in [0.2, 0.25) is 0 Å². The van der Waals surface area contributed by atoms with Crippen LogP contribution in [0.4, 0.5) is 10.1 Å². The van der Waals surface area contributed by atoms with Crippen molar-refractivity contribution < 1.29 is 9.18 Å². The van der Waals surface area contributed by atoms with E-state index < -0.39 is 0 Å². The molecule has 0 aliphatic rings. The van der Waals surface area contributed by atoms with Gasteiger partial charge in [0.05, 0.1) is 0 Å². The summed E-state index contributed by atoms with van der Waals surface area (Å²) in [4.78, 5) is 12.0. The second-order valence-electron chi connectivity index (χ2n) is 4.85. The van der Waals surface area contributed by atoms with Gasteiger partial charge in [-0.05, 0) is 44.4 Å². The molecule has 1 aromatic rings. The van der Waals surface area contributed by atoms with E-state index in [4.69, 9.17) is 0 Å². The molecule has 2 N–H and O–H groups in total. The van der Waals surface area contributed by atoms with Crippen molar-refractivity contribution >= 4 is 11.6 Å². The summed E-state index contributed by atoms with van der Waals surface area (Å²) < 4.78 is 13.4. The number of carbonyl (C=O) groups is 1. The summed E-state index contributed by atoms with van der Waals surface area (Å²) in [7, 11) is 0. The van der Waals surface area contributed by atoms with Gasteiger partial charge in [-0.1, -0.05) is 19.9 Å². The summed E-state index contributed by atoms with van der Waals surface area (Å²) in [5.41, 5.74) is 1.22. The van der Waals surface area contributed by atoms with E-state index in [1.807, 2.05) is 13.8 Å². The smallest absolute Gasteiger partial charge is 0.242 e. The van der Waals surface area contributed by atoms with Crippen molar-refractivity contribution in [3.05, 3.63) is 29.6 Å². The highest BCUT2D eigenvalue weighted by atomic mass is 19.1. The van der Waals surface area contributed by atoms with E-state index in [0.29, 0.717) is 11.3 Å². The van der Waals surface area contributed by atoms with Crippen LogP contribution in [0.5, 0.6) is 0 Å². The van der Waals surface area contributed by atoms with Crippen molar-refractivity contribution in [1.29, 1.82) is 0 Å². The monoisotopic (exact) mass is 266 g/mol. The van der Waals surface area contributed by atoms with Crippen LogP contribution in [-0.2, 0) is 4.79 Å². The summed E-state index contributed by atoms with van der Waals surface area (Å²) in [6.45, 7) is 7.57. The molecule has 0 aliphatic carbocycles. The van der Waals surface area contributed by atoms with Crippen LogP contribution >= 0.6 is 0 Å². The molecule has 1 aromatic carbocycles. The normalized spacial score (nSPS) is 12.3. The molecule has 0 fully saturated rings. The molecule has 106 valence electrons. The molecular formula is C15H23FN2O. The van der Waals surface area contributed by atoms with E-state index in [0.717, 1.165) is 12.8 Å². The minimum Gasteiger partial charge on any atom is -0.374 e. The highest BCUT2D eigenvalue weighted by Crippen LogP contribution is 2.14. The van der Waals surface area contributed by atoms with Gasteiger partial charge in [0.25, 0.3) is 0 Å². The minimum absolute atomic E-state index is 0.0605. The van der Waals surface area contributed by atoms with Crippen molar-refractivity contribution in [2.24, 2.45) is 0 Å². The maximum atomic E-state index is 13.4. The van der Waals surface area contributed by atoms with Crippen LogP contribution in [-0.4, -0.2) is 18.0 Å². The highest BCUT2D eigenvalue weighted by Gasteiger charge is 2.15. The molecule has 1 amide bonds. The van der Waals surface area contributed by atoms with Crippen LogP contribution in [0, 0.1) is 12.7 Å². The highest BCUT2D eigenvalue weighted by molar-refractivity contribution is 5.84. The second kappa shape index (κ2) is 7.12. The fourth-order valence-corrected chi connectivity index (χ4v) is 1.82. The zero-order valence-corrected chi connectivity index (χ0v) is 12.1. The molecule has 0 radical (unpaired) electrons. The molecule has 0 aromatic heterocycles. The molecule has 0 spiro atoms. The number of anilines is 1. The van der Waals surface area contributed by atoms with Gasteiger partial charge in [-0.2, -0.15) is 0 Å². The Kier molecular flexibility index (Phi) is 5.80. The summed E-state index contributed by atoms with van der Waals surface area (Å²) >= 11 is 0. The third kappa shape index (κ3) is 4.54. The Balaban J connectivity index is 2.60. The first-order valence-electron chi connectivity index (χ1n) is 6.81. The molecule has 3 nitrogen and oxygen atoms in total. The Bertz CT molecular complexity index is 430. The van der Waals surface area contributed by atoms with Gasteiger partial charge in [0.2, 0.25) is 5.91 Å². The van der Waals surface area contributed by atoms with E-state index in [-0.39, 0.29) is 23.8 Å². The van der Waals surface area contributed by atoms with Gasteiger partial charge in [-0.25, -0.2) is 4.39 Å². The van der Waals surface area contributed by atoms with E-state index in [1.165, 1.54) is 6.07 Å². The number of hydrogen-bond acceptors (Lipinski definition) is 2. The van der Waals surface area contributed by atoms with Crippen LogP contribution in [0.3, 0.4) is 0 Å². The molecule has 0 saturated carbocycles. The molecule has 0 bridgehead atoms. The molecule has 0 aliphatic heterocycles. The van der Waals surface area contributed by atoms with Gasteiger partial charge in [0.1, 0.15) is 11.9 Å². The molecule has 0 saturated heterocycles. The van der Waals surface area contributed by atoms with Gasteiger partial charge in [-0.3, -0.25) is 4.79 Å². The standard InChI is InChI=1S/C15H23FN2O/c1-5-12(6-2)18-15(19)11(4)17-13-8-7-10(3)14(16)9-13/h7-9,11-12,17H,5-6H2,1-4H3,(H,18,19). The van der Waals surface area contributed by atoms with Crippen molar-refractivity contribution in [3.63, 3.8) is 0 Å². The summed E-state index contributed by atoms with van der Waals surface area (Å²) in [5, 5.41) is 5.98. The van der Waals surface area contributed by atoms with Crippen molar-refractivity contribution in [2.75, 3.05) is 5.32 Å². The molecule has 1 unspecified atom stereocenters. The quantitative estimate of drug-likeness (QED) is 0.830. The summed E-state index contributed by atoms with van der Waals surface area (Å²) in [6, 6.07) is 4.70. The number of halogens is 1.